The Morgan fingerprint density at radius 2 is 1.90 bits per heavy atom. The summed E-state index contributed by atoms with van der Waals surface area (Å²) in [5.74, 6) is 0.701. The number of aryl methyl sites for hydroxylation is 2. The molecule has 0 fully saturated rings. The van der Waals surface area contributed by atoms with Gasteiger partial charge in [0.05, 0.1) is 10.7 Å². The van der Waals surface area contributed by atoms with Crippen LogP contribution in [-0.2, 0) is 19.3 Å². The molecule has 3 heteroatoms. The van der Waals surface area contributed by atoms with E-state index in [4.69, 9.17) is 4.98 Å². The van der Waals surface area contributed by atoms with Gasteiger partial charge in [0.15, 0.2) is 0 Å². The number of hydrogen-bond donors (Lipinski definition) is 1. The van der Waals surface area contributed by atoms with Crippen LogP contribution in [0.4, 0.5) is 0 Å². The van der Waals surface area contributed by atoms with Gasteiger partial charge in [-0.05, 0) is 50.3 Å². The summed E-state index contributed by atoms with van der Waals surface area (Å²) in [7, 11) is 0. The average Bonchev–Trinajstić information content (AvgIpc) is 3.02. The quantitative estimate of drug-likeness (QED) is 0.911. The molecule has 0 spiro atoms. The molecule has 1 aliphatic carbocycles. The molecular weight excluding hydrogens is 276 g/mol. The summed E-state index contributed by atoms with van der Waals surface area (Å²) >= 11 is 1.86. The highest BCUT2D eigenvalue weighted by molar-refractivity contribution is 7.11. The van der Waals surface area contributed by atoms with Gasteiger partial charge in [-0.2, -0.15) is 0 Å². The number of likely N-dealkylation sites (N-methyl/N-ethyl adjacent to an activating group) is 1. The van der Waals surface area contributed by atoms with E-state index < -0.39 is 0 Å². The van der Waals surface area contributed by atoms with Crippen molar-refractivity contribution in [2.75, 3.05) is 6.54 Å². The number of rotatable bonds is 5. The Labute approximate surface area is 131 Å². The number of aromatic nitrogens is 1. The maximum Gasteiger partial charge on any atom is 0.0946 e. The second-order valence-electron chi connectivity index (χ2n) is 6.05. The molecule has 1 atom stereocenters. The summed E-state index contributed by atoms with van der Waals surface area (Å²) in [5, 5.41) is 4.99. The SMILES string of the molecule is CCNC(Cc1nc(C)c(C)s1)C1Cc2ccccc2C1. The Bertz CT molecular complexity index is 573. The third kappa shape index (κ3) is 3.19. The van der Waals surface area contributed by atoms with Crippen LogP contribution in [-0.4, -0.2) is 17.6 Å². The van der Waals surface area contributed by atoms with E-state index in [1.807, 2.05) is 11.3 Å². The van der Waals surface area contributed by atoms with Crippen molar-refractivity contribution in [1.82, 2.24) is 10.3 Å². The van der Waals surface area contributed by atoms with Gasteiger partial charge in [-0.15, -0.1) is 11.3 Å². The zero-order valence-corrected chi connectivity index (χ0v) is 14.0. The lowest BCUT2D eigenvalue weighted by molar-refractivity contribution is 0.367. The van der Waals surface area contributed by atoms with E-state index in [2.05, 4.69) is 50.4 Å². The van der Waals surface area contributed by atoms with E-state index in [0.717, 1.165) is 13.0 Å². The van der Waals surface area contributed by atoms with Gasteiger partial charge >= 0.3 is 0 Å². The van der Waals surface area contributed by atoms with Crippen molar-refractivity contribution >= 4 is 11.3 Å². The van der Waals surface area contributed by atoms with E-state index in [-0.39, 0.29) is 0 Å². The number of benzene rings is 1. The lowest BCUT2D eigenvalue weighted by Crippen LogP contribution is -2.38. The van der Waals surface area contributed by atoms with E-state index in [0.29, 0.717) is 12.0 Å². The van der Waals surface area contributed by atoms with Crippen LogP contribution in [0.1, 0.15) is 33.6 Å². The van der Waals surface area contributed by atoms with Crippen molar-refractivity contribution in [3.05, 3.63) is 51.0 Å². The smallest absolute Gasteiger partial charge is 0.0946 e. The summed E-state index contributed by atoms with van der Waals surface area (Å²) in [6, 6.07) is 9.44. The summed E-state index contributed by atoms with van der Waals surface area (Å²) in [5.41, 5.74) is 4.27. The van der Waals surface area contributed by atoms with Crippen LogP contribution in [0.25, 0.3) is 0 Å². The first kappa shape index (κ1) is 14.7. The molecule has 0 aliphatic heterocycles. The Balaban J connectivity index is 1.74. The predicted molar refractivity (Wildman–Crippen MR) is 90.1 cm³/mol. The van der Waals surface area contributed by atoms with Crippen molar-refractivity contribution < 1.29 is 0 Å². The van der Waals surface area contributed by atoms with Crippen LogP contribution in [0.2, 0.25) is 0 Å². The summed E-state index contributed by atoms with van der Waals surface area (Å²) < 4.78 is 0. The molecule has 0 saturated carbocycles. The van der Waals surface area contributed by atoms with E-state index in [9.17, 15) is 0 Å². The third-order valence-electron chi connectivity index (χ3n) is 4.59. The summed E-state index contributed by atoms with van der Waals surface area (Å²) in [4.78, 5) is 6.09. The van der Waals surface area contributed by atoms with Crippen LogP contribution in [0, 0.1) is 19.8 Å². The topological polar surface area (TPSA) is 24.9 Å². The number of fused-ring (bicyclic) bond motifs is 1. The van der Waals surface area contributed by atoms with Crippen molar-refractivity contribution in [2.24, 2.45) is 5.92 Å². The van der Waals surface area contributed by atoms with Crippen molar-refractivity contribution in [3.8, 4) is 0 Å². The molecule has 2 aromatic rings. The monoisotopic (exact) mass is 300 g/mol. The van der Waals surface area contributed by atoms with Gasteiger partial charge in [0, 0.05) is 17.3 Å². The molecule has 1 aromatic carbocycles. The zero-order valence-electron chi connectivity index (χ0n) is 13.1. The molecule has 1 aliphatic rings. The van der Waals surface area contributed by atoms with Gasteiger partial charge < -0.3 is 5.32 Å². The van der Waals surface area contributed by atoms with Gasteiger partial charge in [0.2, 0.25) is 0 Å². The average molecular weight is 300 g/mol. The molecule has 0 amide bonds. The molecule has 112 valence electrons. The van der Waals surface area contributed by atoms with Gasteiger partial charge in [-0.3, -0.25) is 0 Å². The molecule has 21 heavy (non-hydrogen) atoms. The second-order valence-corrected chi connectivity index (χ2v) is 7.34. The lowest BCUT2D eigenvalue weighted by Gasteiger charge is -2.23. The highest BCUT2D eigenvalue weighted by Crippen LogP contribution is 2.30. The van der Waals surface area contributed by atoms with Crippen LogP contribution < -0.4 is 5.32 Å². The first-order valence-corrected chi connectivity index (χ1v) is 8.72. The van der Waals surface area contributed by atoms with Gasteiger partial charge in [0.1, 0.15) is 0 Å². The van der Waals surface area contributed by atoms with E-state index >= 15 is 0 Å². The summed E-state index contributed by atoms with van der Waals surface area (Å²) in [6.45, 7) is 7.52. The maximum absolute atomic E-state index is 4.73. The van der Waals surface area contributed by atoms with Crippen molar-refractivity contribution in [2.45, 2.75) is 46.1 Å². The Morgan fingerprint density at radius 1 is 1.24 bits per heavy atom. The molecule has 3 rings (SSSR count). The normalized spacial score (nSPS) is 16.1. The maximum atomic E-state index is 4.73. The molecule has 1 aromatic heterocycles. The highest BCUT2D eigenvalue weighted by Gasteiger charge is 2.28. The fourth-order valence-electron chi connectivity index (χ4n) is 3.36. The first-order valence-electron chi connectivity index (χ1n) is 7.90. The van der Waals surface area contributed by atoms with Gasteiger partial charge in [0.25, 0.3) is 0 Å². The number of nitrogens with zero attached hydrogens (tertiary/aromatic N) is 1. The third-order valence-corrected chi connectivity index (χ3v) is 5.68. The summed E-state index contributed by atoms with van der Waals surface area (Å²) in [6.07, 6.45) is 3.47. The minimum Gasteiger partial charge on any atom is -0.314 e. The molecule has 1 N–H and O–H groups in total. The number of nitrogens with one attached hydrogen (secondary N) is 1. The molecule has 2 nitrogen and oxygen atoms in total. The lowest BCUT2D eigenvalue weighted by atomic mass is 9.94. The van der Waals surface area contributed by atoms with Crippen LogP contribution in [0.3, 0.4) is 0 Å². The highest BCUT2D eigenvalue weighted by atomic mass is 32.1. The first-order chi connectivity index (χ1) is 10.2. The van der Waals surface area contributed by atoms with Crippen molar-refractivity contribution in [1.29, 1.82) is 0 Å². The molecule has 0 radical (unpaired) electrons. The van der Waals surface area contributed by atoms with Crippen LogP contribution in [0.15, 0.2) is 24.3 Å². The van der Waals surface area contributed by atoms with Gasteiger partial charge in [-0.25, -0.2) is 4.98 Å². The van der Waals surface area contributed by atoms with Crippen LogP contribution >= 0.6 is 11.3 Å². The van der Waals surface area contributed by atoms with Gasteiger partial charge in [-0.1, -0.05) is 31.2 Å². The zero-order chi connectivity index (χ0) is 14.8. The Morgan fingerprint density at radius 3 is 2.43 bits per heavy atom. The number of thiazole rings is 1. The van der Waals surface area contributed by atoms with E-state index in [1.54, 1.807) is 0 Å². The fourth-order valence-corrected chi connectivity index (χ4v) is 4.35. The van der Waals surface area contributed by atoms with Crippen molar-refractivity contribution in [3.63, 3.8) is 0 Å². The van der Waals surface area contributed by atoms with E-state index in [1.165, 1.54) is 39.5 Å². The second kappa shape index (κ2) is 6.29. The Kier molecular flexibility index (Phi) is 4.41. The largest absolute Gasteiger partial charge is 0.314 e. The molecular formula is C18H24N2S. The number of hydrogen-bond acceptors (Lipinski definition) is 3. The molecule has 1 unspecified atom stereocenters. The molecule has 0 bridgehead atoms. The fraction of sp³-hybridized carbons (Fsp3) is 0.500. The minimum absolute atomic E-state index is 0.535. The minimum atomic E-state index is 0.535. The molecule has 0 saturated heterocycles. The predicted octanol–water partition coefficient (Wildman–Crippen LogP) is 3.70. The molecule has 1 heterocycles. The Hall–Kier alpha value is -1.19. The van der Waals surface area contributed by atoms with Crippen LogP contribution in [0.5, 0.6) is 0 Å². The standard InChI is InChI=1S/C18H24N2S/c1-4-19-17(11-18-20-12(2)13(3)21-18)16-9-14-7-5-6-8-15(14)10-16/h5-8,16-17,19H,4,9-11H2,1-3H3.